The summed E-state index contributed by atoms with van der Waals surface area (Å²) < 4.78 is 0. The molecule has 3 aromatic rings. The summed E-state index contributed by atoms with van der Waals surface area (Å²) in [6.45, 7) is 0. The van der Waals surface area contributed by atoms with Crippen molar-refractivity contribution in [1.29, 1.82) is 0 Å². The van der Waals surface area contributed by atoms with Gasteiger partial charge in [-0.25, -0.2) is 0 Å². The van der Waals surface area contributed by atoms with Crippen molar-refractivity contribution in [3.05, 3.63) is 105 Å². The lowest BCUT2D eigenvalue weighted by Crippen LogP contribution is -2.41. The maximum Gasteiger partial charge on any atom is 0.271 e. The predicted octanol–water partition coefficient (Wildman–Crippen LogP) is 3.58. The molecule has 3 amide bonds. The van der Waals surface area contributed by atoms with Gasteiger partial charge in [-0.2, -0.15) is 0 Å². The number of nitro groups is 1. The Kier molecular flexibility index (Phi) is 6.58. The number of para-hydroxylation sites is 1. The molecule has 10 heteroatoms. The molecule has 0 aliphatic carbocycles. The lowest BCUT2D eigenvalue weighted by atomic mass is 10.1. The van der Waals surface area contributed by atoms with Crippen LogP contribution in [0.25, 0.3) is 0 Å². The van der Waals surface area contributed by atoms with Crippen LogP contribution in [0.1, 0.15) is 31.1 Å². The van der Waals surface area contributed by atoms with E-state index in [1.807, 2.05) is 0 Å². The quantitative estimate of drug-likeness (QED) is 0.414. The smallest absolute Gasteiger partial charge is 0.271 e. The molecule has 0 bridgehead atoms. The van der Waals surface area contributed by atoms with Gasteiger partial charge >= 0.3 is 0 Å². The number of anilines is 1. The van der Waals surface area contributed by atoms with Crippen molar-refractivity contribution in [2.45, 2.75) is 0 Å². The first-order valence-electron chi connectivity index (χ1n) is 8.87. The minimum Gasteiger partial charge on any atom is -0.321 e. The number of nitrogens with zero attached hydrogens (tertiary/aromatic N) is 1. The second-order valence-electron chi connectivity index (χ2n) is 6.20. The molecule has 31 heavy (non-hydrogen) atoms. The molecule has 3 N–H and O–H groups in total. The summed E-state index contributed by atoms with van der Waals surface area (Å²) in [6.07, 6.45) is 0. The van der Waals surface area contributed by atoms with Crippen LogP contribution in [0, 0.1) is 10.1 Å². The monoisotopic (exact) mass is 438 g/mol. The van der Waals surface area contributed by atoms with Crippen LogP contribution >= 0.6 is 11.6 Å². The van der Waals surface area contributed by atoms with Gasteiger partial charge in [0.1, 0.15) is 0 Å². The van der Waals surface area contributed by atoms with E-state index in [1.165, 1.54) is 18.2 Å². The number of nitrogens with one attached hydrogen (secondary N) is 3. The number of amides is 3. The molecular weight excluding hydrogens is 424 g/mol. The molecule has 0 aliphatic rings. The highest BCUT2D eigenvalue weighted by molar-refractivity contribution is 6.34. The Bertz CT molecular complexity index is 1170. The van der Waals surface area contributed by atoms with Crippen LogP contribution in [0.5, 0.6) is 0 Å². The number of hydrogen-bond acceptors (Lipinski definition) is 5. The van der Waals surface area contributed by atoms with Gasteiger partial charge in [0.05, 0.1) is 26.8 Å². The van der Waals surface area contributed by atoms with Gasteiger partial charge in [0, 0.05) is 17.7 Å². The van der Waals surface area contributed by atoms with Gasteiger partial charge in [-0.05, 0) is 30.3 Å². The molecule has 0 atom stereocenters. The van der Waals surface area contributed by atoms with Crippen LogP contribution in [-0.4, -0.2) is 22.6 Å². The summed E-state index contributed by atoms with van der Waals surface area (Å²) in [5, 5.41) is 13.3. The average molecular weight is 439 g/mol. The van der Waals surface area contributed by atoms with Gasteiger partial charge < -0.3 is 5.32 Å². The van der Waals surface area contributed by atoms with Crippen molar-refractivity contribution in [2.75, 3.05) is 5.32 Å². The highest BCUT2D eigenvalue weighted by atomic mass is 35.5. The third-order valence-corrected chi connectivity index (χ3v) is 4.47. The Morgan fingerprint density at radius 1 is 0.774 bits per heavy atom. The van der Waals surface area contributed by atoms with E-state index in [0.29, 0.717) is 5.56 Å². The lowest BCUT2D eigenvalue weighted by Gasteiger charge is -2.12. The molecule has 0 heterocycles. The SMILES string of the molecule is O=C(NNC(=O)c1ccccc1NC(=O)c1ccc([N+](=O)[O-])cc1Cl)c1ccccc1. The van der Waals surface area contributed by atoms with Crippen molar-refractivity contribution in [1.82, 2.24) is 10.9 Å². The Morgan fingerprint density at radius 2 is 1.42 bits per heavy atom. The molecule has 3 aromatic carbocycles. The van der Waals surface area contributed by atoms with Gasteiger partial charge in [0.25, 0.3) is 23.4 Å². The first-order chi connectivity index (χ1) is 14.9. The Labute approximate surface area is 181 Å². The van der Waals surface area contributed by atoms with E-state index in [-0.39, 0.29) is 27.5 Å². The molecule has 0 fully saturated rings. The minimum atomic E-state index is -0.659. The highest BCUT2D eigenvalue weighted by Crippen LogP contribution is 2.24. The third-order valence-electron chi connectivity index (χ3n) is 4.15. The molecule has 0 unspecified atom stereocenters. The lowest BCUT2D eigenvalue weighted by molar-refractivity contribution is -0.384. The Hall–Kier alpha value is -4.24. The van der Waals surface area contributed by atoms with Crippen molar-refractivity contribution in [2.24, 2.45) is 0 Å². The van der Waals surface area contributed by atoms with Crippen LogP contribution in [0.15, 0.2) is 72.8 Å². The number of nitro benzene ring substituents is 1. The highest BCUT2D eigenvalue weighted by Gasteiger charge is 2.18. The Balaban J connectivity index is 1.73. The molecule has 0 aliphatic heterocycles. The first kappa shape index (κ1) is 21.5. The number of benzene rings is 3. The van der Waals surface area contributed by atoms with Crippen LogP contribution in [0.4, 0.5) is 11.4 Å². The van der Waals surface area contributed by atoms with Crippen LogP contribution in [0.3, 0.4) is 0 Å². The third kappa shape index (κ3) is 5.22. The van der Waals surface area contributed by atoms with Crippen molar-refractivity contribution >= 4 is 40.7 Å². The molecule has 9 nitrogen and oxygen atoms in total. The van der Waals surface area contributed by atoms with E-state index in [0.717, 1.165) is 12.1 Å². The predicted molar refractivity (Wildman–Crippen MR) is 114 cm³/mol. The normalized spacial score (nSPS) is 10.1. The largest absolute Gasteiger partial charge is 0.321 e. The van der Waals surface area contributed by atoms with Crippen LogP contribution in [-0.2, 0) is 0 Å². The summed E-state index contributed by atoms with van der Waals surface area (Å²) in [6, 6.07) is 17.9. The van der Waals surface area contributed by atoms with E-state index in [2.05, 4.69) is 16.2 Å². The fourth-order valence-corrected chi connectivity index (χ4v) is 2.88. The summed E-state index contributed by atoms with van der Waals surface area (Å²) in [5.41, 5.74) is 4.94. The number of non-ortho nitro benzene ring substituents is 1. The van der Waals surface area contributed by atoms with Gasteiger partial charge in [-0.1, -0.05) is 41.9 Å². The van der Waals surface area contributed by atoms with Crippen molar-refractivity contribution < 1.29 is 19.3 Å². The number of carbonyl (C=O) groups is 3. The summed E-state index contributed by atoms with van der Waals surface area (Å²) in [4.78, 5) is 47.4. The standard InChI is InChI=1S/C21H15ClN4O5/c22-17-12-14(26(30)31)10-11-15(17)20(28)23-18-9-5-4-8-16(18)21(29)25-24-19(27)13-6-2-1-3-7-13/h1-12H,(H,23,28)(H,24,27)(H,25,29). The van der Waals surface area contributed by atoms with E-state index in [9.17, 15) is 24.5 Å². The van der Waals surface area contributed by atoms with Crippen molar-refractivity contribution in [3.8, 4) is 0 Å². The molecule has 0 spiro atoms. The molecule has 0 saturated heterocycles. The van der Waals surface area contributed by atoms with Crippen LogP contribution < -0.4 is 16.2 Å². The average Bonchev–Trinajstić information content (AvgIpc) is 2.78. The summed E-state index contributed by atoms with van der Waals surface area (Å²) in [5.74, 6) is -1.82. The van der Waals surface area contributed by atoms with Crippen molar-refractivity contribution in [3.63, 3.8) is 0 Å². The van der Waals surface area contributed by atoms with Crippen LogP contribution in [0.2, 0.25) is 5.02 Å². The topological polar surface area (TPSA) is 130 Å². The maximum absolute atomic E-state index is 12.6. The molecule has 156 valence electrons. The second-order valence-corrected chi connectivity index (χ2v) is 6.60. The number of hydrazine groups is 1. The zero-order valence-corrected chi connectivity index (χ0v) is 16.6. The van der Waals surface area contributed by atoms with E-state index in [4.69, 9.17) is 11.6 Å². The summed E-state index contributed by atoms with van der Waals surface area (Å²) in [7, 11) is 0. The van der Waals surface area contributed by atoms with Gasteiger partial charge in [-0.15, -0.1) is 0 Å². The van der Waals surface area contributed by atoms with E-state index >= 15 is 0 Å². The number of hydrogen-bond donors (Lipinski definition) is 3. The molecule has 0 aromatic heterocycles. The zero-order chi connectivity index (χ0) is 22.4. The van der Waals surface area contributed by atoms with E-state index < -0.39 is 22.6 Å². The molecular formula is C21H15ClN4O5. The number of halogens is 1. The minimum absolute atomic E-state index is 0.000131. The number of rotatable bonds is 5. The fraction of sp³-hybridized carbons (Fsp3) is 0. The molecule has 0 saturated carbocycles. The van der Waals surface area contributed by atoms with Gasteiger partial charge in [0.15, 0.2) is 0 Å². The fourth-order valence-electron chi connectivity index (χ4n) is 2.62. The maximum atomic E-state index is 12.6. The second kappa shape index (κ2) is 9.51. The molecule has 0 radical (unpaired) electrons. The number of carbonyl (C=O) groups excluding carboxylic acids is 3. The first-order valence-corrected chi connectivity index (χ1v) is 9.24. The Morgan fingerprint density at radius 3 is 2.10 bits per heavy atom. The molecule has 3 rings (SSSR count). The van der Waals surface area contributed by atoms with E-state index in [1.54, 1.807) is 42.5 Å². The van der Waals surface area contributed by atoms with Gasteiger partial charge in [0.2, 0.25) is 0 Å². The summed E-state index contributed by atoms with van der Waals surface area (Å²) >= 11 is 5.99. The van der Waals surface area contributed by atoms with Gasteiger partial charge in [-0.3, -0.25) is 35.3 Å². The zero-order valence-electron chi connectivity index (χ0n) is 15.8.